The summed E-state index contributed by atoms with van der Waals surface area (Å²) < 4.78 is 17.8. The Kier molecular flexibility index (Phi) is 4.81. The van der Waals surface area contributed by atoms with Crippen LogP contribution in [0.1, 0.15) is 36.2 Å². The van der Waals surface area contributed by atoms with E-state index in [-0.39, 0.29) is 12.4 Å². The fraction of sp³-hybridized carbons (Fsp3) is 0.350. The number of hydrogen-bond donors (Lipinski definition) is 0. The fourth-order valence-electron chi connectivity index (χ4n) is 3.02. The third-order valence-corrected chi connectivity index (χ3v) is 4.27. The summed E-state index contributed by atoms with van der Waals surface area (Å²) >= 11 is 0. The van der Waals surface area contributed by atoms with Crippen molar-refractivity contribution in [3.05, 3.63) is 71.8 Å². The molecule has 0 saturated carbocycles. The maximum Gasteiger partial charge on any atom is 0.284 e. The van der Waals surface area contributed by atoms with Crippen LogP contribution in [0, 0.1) is 0 Å². The maximum absolute atomic E-state index is 13.3. The van der Waals surface area contributed by atoms with Gasteiger partial charge in [-0.15, -0.1) is 0 Å². The van der Waals surface area contributed by atoms with Crippen molar-refractivity contribution in [2.75, 3.05) is 13.2 Å². The van der Waals surface area contributed by atoms with Gasteiger partial charge >= 0.3 is 0 Å². The van der Waals surface area contributed by atoms with Gasteiger partial charge in [0.1, 0.15) is 0 Å². The molecule has 4 nitrogen and oxygen atoms in total. The second kappa shape index (κ2) is 6.85. The van der Waals surface area contributed by atoms with E-state index in [0.717, 1.165) is 5.56 Å². The predicted octanol–water partition coefficient (Wildman–Crippen LogP) is 3.91. The molecule has 0 spiro atoms. The molecule has 2 aromatic carbocycles. The minimum absolute atomic E-state index is 0.121. The average Bonchev–Trinajstić information content (AvgIpc) is 3.04. The molecule has 1 aliphatic rings. The van der Waals surface area contributed by atoms with Crippen LogP contribution < -0.4 is 0 Å². The lowest BCUT2D eigenvalue weighted by atomic mass is 9.86. The number of carbonyl (C=O) groups excluding carboxylic acids is 1. The van der Waals surface area contributed by atoms with Crippen LogP contribution in [-0.2, 0) is 19.8 Å². The molecule has 2 aromatic rings. The molecule has 0 aromatic heterocycles. The monoisotopic (exact) mass is 326 g/mol. The Bertz CT molecular complexity index is 685. The van der Waals surface area contributed by atoms with Gasteiger partial charge in [-0.3, -0.25) is 4.79 Å². The zero-order chi connectivity index (χ0) is 17.0. The Labute approximate surface area is 142 Å². The third-order valence-electron chi connectivity index (χ3n) is 4.27. The number of ether oxygens (including phenoxy) is 3. The lowest BCUT2D eigenvalue weighted by Gasteiger charge is -2.31. The highest BCUT2D eigenvalue weighted by molar-refractivity contribution is 6.03. The van der Waals surface area contributed by atoms with Crippen LogP contribution in [-0.4, -0.2) is 25.0 Å². The molecule has 0 amide bonds. The highest BCUT2D eigenvalue weighted by Crippen LogP contribution is 2.43. The minimum Gasteiger partial charge on any atom is -0.328 e. The summed E-state index contributed by atoms with van der Waals surface area (Å²) in [6, 6.07) is 18.6. The van der Waals surface area contributed by atoms with Gasteiger partial charge in [-0.1, -0.05) is 67.6 Å². The summed E-state index contributed by atoms with van der Waals surface area (Å²) in [5.41, 5.74) is 0.163. The molecular weight excluding hydrogens is 304 g/mol. The molecule has 0 aliphatic carbocycles. The Morgan fingerprint density at radius 1 is 1.04 bits per heavy atom. The van der Waals surface area contributed by atoms with Gasteiger partial charge in [-0.2, -0.15) is 0 Å². The summed E-state index contributed by atoms with van der Waals surface area (Å²) in [6.45, 7) is 4.37. The maximum atomic E-state index is 13.3. The van der Waals surface area contributed by atoms with E-state index in [4.69, 9.17) is 14.2 Å². The SMILES string of the molecule is CCOC1(CC)OCC(C(=O)c2ccccc2)(c2ccccc2)O1. The Hall–Kier alpha value is -2.01. The molecule has 2 atom stereocenters. The summed E-state index contributed by atoms with van der Waals surface area (Å²) in [5.74, 6) is -1.31. The van der Waals surface area contributed by atoms with Crippen molar-refractivity contribution in [1.29, 1.82) is 0 Å². The molecule has 0 radical (unpaired) electrons. The molecule has 1 fully saturated rings. The summed E-state index contributed by atoms with van der Waals surface area (Å²) in [7, 11) is 0. The van der Waals surface area contributed by atoms with Crippen molar-refractivity contribution in [2.45, 2.75) is 31.8 Å². The predicted molar refractivity (Wildman–Crippen MR) is 90.6 cm³/mol. The smallest absolute Gasteiger partial charge is 0.284 e. The Morgan fingerprint density at radius 2 is 1.67 bits per heavy atom. The van der Waals surface area contributed by atoms with Crippen LogP contribution >= 0.6 is 0 Å². The van der Waals surface area contributed by atoms with Gasteiger partial charge in [0.05, 0.1) is 6.61 Å². The Balaban J connectivity index is 2.06. The van der Waals surface area contributed by atoms with Gasteiger partial charge in [-0.05, 0) is 12.5 Å². The number of ketones is 1. The normalized spacial score (nSPS) is 26.4. The van der Waals surface area contributed by atoms with Crippen molar-refractivity contribution in [1.82, 2.24) is 0 Å². The van der Waals surface area contributed by atoms with Crippen molar-refractivity contribution in [3.8, 4) is 0 Å². The van der Waals surface area contributed by atoms with Gasteiger partial charge in [0.15, 0.2) is 5.60 Å². The summed E-state index contributed by atoms with van der Waals surface area (Å²) in [4.78, 5) is 13.3. The van der Waals surface area contributed by atoms with E-state index in [0.29, 0.717) is 18.6 Å². The van der Waals surface area contributed by atoms with Crippen molar-refractivity contribution in [2.24, 2.45) is 0 Å². The highest BCUT2D eigenvalue weighted by atomic mass is 16.9. The van der Waals surface area contributed by atoms with E-state index in [1.54, 1.807) is 12.1 Å². The van der Waals surface area contributed by atoms with E-state index in [2.05, 4.69) is 0 Å². The molecule has 0 N–H and O–H groups in total. The zero-order valence-corrected chi connectivity index (χ0v) is 14.0. The standard InChI is InChI=1S/C20H22O4/c1-3-20(22-4-2)23-15-19(24-20,17-13-9-6-10-14-17)18(21)16-11-7-5-8-12-16/h5-14H,3-4,15H2,1-2H3. The van der Waals surface area contributed by atoms with Gasteiger partial charge in [-0.25, -0.2) is 0 Å². The van der Waals surface area contributed by atoms with Crippen LogP contribution in [0.4, 0.5) is 0 Å². The van der Waals surface area contributed by atoms with Crippen LogP contribution in [0.5, 0.6) is 0 Å². The lowest BCUT2D eigenvalue weighted by molar-refractivity contribution is -0.342. The largest absolute Gasteiger partial charge is 0.328 e. The lowest BCUT2D eigenvalue weighted by Crippen LogP contribution is -2.42. The minimum atomic E-state index is -1.20. The molecule has 126 valence electrons. The summed E-state index contributed by atoms with van der Waals surface area (Å²) in [5, 5.41) is 0. The van der Waals surface area contributed by atoms with Crippen LogP contribution in [0.15, 0.2) is 60.7 Å². The molecule has 3 rings (SSSR count). The third kappa shape index (κ3) is 2.88. The summed E-state index contributed by atoms with van der Waals surface area (Å²) in [6.07, 6.45) is 0.498. The van der Waals surface area contributed by atoms with E-state index < -0.39 is 11.6 Å². The second-order valence-electron chi connectivity index (χ2n) is 5.75. The number of Topliss-reactive ketones (excluding diaryl/α,β-unsaturated/α-hetero) is 1. The molecular formula is C20H22O4. The molecule has 4 heteroatoms. The topological polar surface area (TPSA) is 44.8 Å². The van der Waals surface area contributed by atoms with Gasteiger partial charge in [0.2, 0.25) is 5.78 Å². The first-order chi connectivity index (χ1) is 11.7. The zero-order valence-electron chi connectivity index (χ0n) is 14.0. The van der Waals surface area contributed by atoms with Gasteiger partial charge < -0.3 is 14.2 Å². The first kappa shape index (κ1) is 16.8. The molecule has 1 saturated heterocycles. The van der Waals surface area contributed by atoms with Gasteiger partial charge in [0, 0.05) is 18.6 Å². The number of hydrogen-bond acceptors (Lipinski definition) is 4. The van der Waals surface area contributed by atoms with Crippen molar-refractivity contribution >= 4 is 5.78 Å². The average molecular weight is 326 g/mol. The molecule has 1 heterocycles. The van der Waals surface area contributed by atoms with E-state index >= 15 is 0 Å². The van der Waals surface area contributed by atoms with Gasteiger partial charge in [0.25, 0.3) is 5.97 Å². The van der Waals surface area contributed by atoms with E-state index in [9.17, 15) is 4.79 Å². The molecule has 1 aliphatic heterocycles. The second-order valence-corrected chi connectivity index (χ2v) is 5.75. The van der Waals surface area contributed by atoms with E-state index in [1.165, 1.54) is 0 Å². The van der Waals surface area contributed by atoms with Crippen molar-refractivity contribution in [3.63, 3.8) is 0 Å². The van der Waals surface area contributed by atoms with Crippen LogP contribution in [0.2, 0.25) is 0 Å². The number of rotatable bonds is 6. The first-order valence-corrected chi connectivity index (χ1v) is 8.29. The number of benzene rings is 2. The highest BCUT2D eigenvalue weighted by Gasteiger charge is 2.56. The van der Waals surface area contributed by atoms with Crippen molar-refractivity contribution < 1.29 is 19.0 Å². The van der Waals surface area contributed by atoms with E-state index in [1.807, 2.05) is 62.4 Å². The molecule has 0 bridgehead atoms. The molecule has 24 heavy (non-hydrogen) atoms. The fourth-order valence-corrected chi connectivity index (χ4v) is 3.02. The Morgan fingerprint density at radius 3 is 2.25 bits per heavy atom. The van der Waals surface area contributed by atoms with Crippen LogP contribution in [0.3, 0.4) is 0 Å². The molecule has 2 unspecified atom stereocenters. The first-order valence-electron chi connectivity index (χ1n) is 8.29. The number of carbonyl (C=O) groups is 1. The van der Waals surface area contributed by atoms with Crippen LogP contribution in [0.25, 0.3) is 0 Å². The quantitative estimate of drug-likeness (QED) is 0.755.